The highest BCUT2D eigenvalue weighted by Gasteiger charge is 2.40. The van der Waals surface area contributed by atoms with Gasteiger partial charge in [0, 0.05) is 76.5 Å². The fourth-order valence-corrected chi connectivity index (χ4v) is 8.37. The molecule has 0 saturated carbocycles. The van der Waals surface area contributed by atoms with Crippen LogP contribution in [0.2, 0.25) is 0 Å². The molecule has 4 aromatic rings. The van der Waals surface area contributed by atoms with Gasteiger partial charge >= 0.3 is 23.6 Å². The van der Waals surface area contributed by atoms with Gasteiger partial charge in [0.2, 0.25) is 23.2 Å². The van der Waals surface area contributed by atoms with E-state index in [2.05, 4.69) is 59.5 Å². The van der Waals surface area contributed by atoms with Crippen LogP contribution in [0.3, 0.4) is 0 Å². The number of Topliss-reactive ketones (excluding diaryl/α,β-unsaturated/α-hetero) is 1. The maximum absolute atomic E-state index is 13.5. The fourth-order valence-electron chi connectivity index (χ4n) is 6.88. The van der Waals surface area contributed by atoms with Gasteiger partial charge in [0.05, 0.1) is 16.6 Å². The lowest BCUT2D eigenvalue weighted by Gasteiger charge is -2.20. The Bertz CT molecular complexity index is 2780. The summed E-state index contributed by atoms with van der Waals surface area (Å²) in [6.45, 7) is 3.84. The van der Waals surface area contributed by atoms with Crippen LogP contribution in [0.25, 0.3) is 6.08 Å². The number of H-pyrrole nitrogens is 1. The summed E-state index contributed by atoms with van der Waals surface area (Å²) >= 11 is 0. The molecule has 4 N–H and O–H groups in total. The molecule has 2 amide bonds. The van der Waals surface area contributed by atoms with Gasteiger partial charge in [-0.25, -0.2) is 24.5 Å². The Kier molecular flexibility index (Phi) is 22.6. The first-order valence-corrected chi connectivity index (χ1v) is 25.3. The number of ether oxygens (including phenoxy) is 3. The van der Waals surface area contributed by atoms with Crippen LogP contribution in [0, 0.1) is 10.1 Å². The van der Waals surface area contributed by atoms with E-state index in [-0.39, 0.29) is 48.4 Å². The van der Waals surface area contributed by atoms with Crippen LogP contribution in [0.1, 0.15) is 70.2 Å². The number of fused-ring (bicyclic) bond motifs is 2. The van der Waals surface area contributed by atoms with Crippen molar-refractivity contribution in [2.24, 2.45) is 0 Å². The highest BCUT2D eigenvalue weighted by molar-refractivity contribution is 7.46. The molecule has 6 rings (SSSR count). The van der Waals surface area contributed by atoms with Crippen LogP contribution in [-0.2, 0) is 96.4 Å². The van der Waals surface area contributed by atoms with Gasteiger partial charge in [0.25, 0.3) is 13.9 Å². The first kappa shape index (κ1) is 57.8. The largest absolute Gasteiger partial charge is 0.444 e. The second-order valence-corrected chi connectivity index (χ2v) is 18.5. The molecule has 0 bridgehead atoms. The second kappa shape index (κ2) is 29.0. The molecule has 30 nitrogen and oxygen atoms in total. The summed E-state index contributed by atoms with van der Waals surface area (Å²) in [6.07, 6.45) is -1.42. The third kappa shape index (κ3) is 17.0. The van der Waals surface area contributed by atoms with Gasteiger partial charge < -0.3 is 18.7 Å². The maximum atomic E-state index is 13.5. The number of hydrogen-bond donors (Lipinski definition) is 4. The number of carbonyl (C=O) groups excluding carboxylic acids is 4. The van der Waals surface area contributed by atoms with Gasteiger partial charge in [-0.15, -0.1) is 4.67 Å². The molecule has 34 heteroatoms. The van der Waals surface area contributed by atoms with Crippen LogP contribution < -0.4 is 26.6 Å². The van der Waals surface area contributed by atoms with Gasteiger partial charge in [-0.2, -0.15) is 23.4 Å². The molecule has 1 aliphatic heterocycles. The molecule has 3 aromatic carbocycles. The lowest BCUT2D eigenvalue weighted by atomic mass is 9.83. The Morgan fingerprint density at radius 1 is 0.986 bits per heavy atom. The van der Waals surface area contributed by atoms with Crippen LogP contribution >= 0.6 is 35.3 Å². The normalized spacial score (nSPS) is 17.0. The minimum absolute atomic E-state index is 0.0379. The average Bonchev–Trinajstić information content (AvgIpc) is 3.75. The Labute approximate surface area is 422 Å². The third-order valence-corrected chi connectivity index (χ3v) is 12.2. The number of ketones is 2. The molecule has 4 unspecified atom stereocenters. The molecule has 1 aliphatic carbocycles. The molecule has 0 spiro atoms. The number of benzene rings is 3. The molecule has 1 saturated heterocycles. The minimum atomic E-state index is -1.89. The lowest BCUT2D eigenvalue weighted by molar-refractivity contribution is -0.612. The zero-order chi connectivity index (χ0) is 53.1. The Morgan fingerprint density at radius 2 is 1.72 bits per heavy atom. The number of hydrogen-bond acceptors (Lipinski definition) is 25. The standard InChI is InChI=1S/C40H43N5O25P4/c1-4-74(70-64-67-72-66-63-65-71)69-62-61-56-21-34-33(59-73(3)68-60-54)18-35(57-34)44-19-27(37(48)43-38(44)49)11-12-41-39(50)58-32-17-28(9-10-31(32)45(52)53)42-40(51)55-20-24-6-8-26-16-25-7-5-23(13-22(2)46)14-29(25)36(47)30(26)15-24/h5-12,14-15,17,19,33-35,54,72H,4,13,16,18,20-21,71H2,1-3H3,(H,41,50)(H,42,51)(H,43,48,49)/b12-11-/t33-,34-,35-,73?,74?/m1/s1. The monoisotopic (exact) mass is 1120 g/mol. The molecular weight excluding hydrogens is 1070 g/mol. The van der Waals surface area contributed by atoms with Crippen LogP contribution in [-0.4, -0.2) is 75.1 Å². The van der Waals surface area contributed by atoms with E-state index in [1.165, 1.54) is 19.7 Å². The Balaban J connectivity index is 1.02. The van der Waals surface area contributed by atoms with Crippen molar-refractivity contribution in [1.29, 1.82) is 0 Å². The van der Waals surface area contributed by atoms with Gasteiger partial charge in [0.15, 0.2) is 5.78 Å². The zero-order valence-electron chi connectivity index (χ0n) is 38.5. The summed E-state index contributed by atoms with van der Waals surface area (Å²) < 4.78 is 50.5. The van der Waals surface area contributed by atoms with Gasteiger partial charge in [0.1, 0.15) is 31.3 Å². The van der Waals surface area contributed by atoms with E-state index in [9.17, 15) is 38.9 Å². The summed E-state index contributed by atoms with van der Waals surface area (Å²) in [5.74, 6) is -0.859. The topological polar surface area (TPSA) is 358 Å². The quantitative estimate of drug-likeness (QED) is 0.0137. The van der Waals surface area contributed by atoms with Crippen molar-refractivity contribution in [3.05, 3.63) is 137 Å². The Morgan fingerprint density at radius 3 is 2.43 bits per heavy atom. The van der Waals surface area contributed by atoms with E-state index in [0.717, 1.165) is 51.9 Å². The second-order valence-electron chi connectivity index (χ2n) is 14.9. The van der Waals surface area contributed by atoms with Crippen molar-refractivity contribution in [1.82, 2.24) is 14.9 Å². The number of rotatable bonds is 28. The number of anilines is 1. The molecular formula is C40H43N5O25P4. The van der Waals surface area contributed by atoms with E-state index < -0.39 is 90.6 Å². The van der Waals surface area contributed by atoms with Crippen LogP contribution in [0.15, 0.2) is 76.6 Å². The first-order chi connectivity index (χ1) is 35.6. The van der Waals surface area contributed by atoms with Crippen LogP contribution in [0.5, 0.6) is 5.75 Å². The highest BCUT2D eigenvalue weighted by Crippen LogP contribution is 2.42. The average molecular weight is 1120 g/mol. The van der Waals surface area contributed by atoms with E-state index >= 15 is 0 Å². The van der Waals surface area contributed by atoms with Gasteiger partial charge in [-0.05, 0) is 70.0 Å². The van der Waals surface area contributed by atoms with Crippen molar-refractivity contribution in [3.8, 4) is 5.75 Å². The molecule has 1 fully saturated rings. The number of aromatic amines is 1. The number of carbonyl (C=O) groups is 4. The number of aromatic nitrogens is 2. The molecule has 0 radical (unpaired) electrons. The molecule has 2 heterocycles. The lowest BCUT2D eigenvalue weighted by Crippen LogP contribution is -2.33. The summed E-state index contributed by atoms with van der Waals surface area (Å²) in [5.41, 5.74) is 1.01. The zero-order valence-corrected chi connectivity index (χ0v) is 42.5. The van der Waals surface area contributed by atoms with Crippen molar-refractivity contribution < 1.29 is 106 Å². The molecule has 2 aliphatic rings. The van der Waals surface area contributed by atoms with Gasteiger partial charge in [-0.3, -0.25) is 44.7 Å². The summed E-state index contributed by atoms with van der Waals surface area (Å²) in [7, 11) is -2.81. The maximum Gasteiger partial charge on any atom is 0.416 e. The van der Waals surface area contributed by atoms with Crippen molar-refractivity contribution in [2.75, 3.05) is 24.8 Å². The van der Waals surface area contributed by atoms with Gasteiger partial charge in [-0.1, -0.05) is 46.3 Å². The third-order valence-electron chi connectivity index (χ3n) is 9.99. The van der Waals surface area contributed by atoms with E-state index in [1.807, 2.05) is 12.1 Å². The van der Waals surface area contributed by atoms with Crippen molar-refractivity contribution in [3.63, 3.8) is 0 Å². The minimum Gasteiger partial charge on any atom is -0.444 e. The number of nitro groups is 1. The number of nitrogens with zero attached hydrogens (tertiary/aromatic N) is 2. The van der Waals surface area contributed by atoms with E-state index in [1.54, 1.807) is 40.7 Å². The van der Waals surface area contributed by atoms with Crippen LogP contribution in [0.4, 0.5) is 21.0 Å². The van der Waals surface area contributed by atoms with E-state index in [4.69, 9.17) is 38.2 Å². The molecule has 398 valence electrons. The predicted octanol–water partition coefficient (Wildman–Crippen LogP) is 6.46. The highest BCUT2D eigenvalue weighted by atomic mass is 31.2. The molecule has 1 aromatic heterocycles. The summed E-state index contributed by atoms with van der Waals surface area (Å²) in [6, 6.07) is 13.6. The number of nitro benzene ring substituents is 1. The predicted molar refractivity (Wildman–Crippen MR) is 252 cm³/mol. The molecule has 7 atom stereocenters. The smallest absolute Gasteiger partial charge is 0.416 e. The summed E-state index contributed by atoms with van der Waals surface area (Å²) in [5, 5.41) is 46.4. The van der Waals surface area contributed by atoms with Crippen molar-refractivity contribution >= 4 is 76.5 Å². The number of nitrogens with one attached hydrogen (secondary N) is 3. The fraction of sp³-hybridized carbons (Fsp3) is 0.300. The summed E-state index contributed by atoms with van der Waals surface area (Å²) in [4.78, 5) is 94.7. The van der Waals surface area contributed by atoms with E-state index in [0.29, 0.717) is 23.1 Å². The SMILES string of the molecule is CCP(OOOOC[C@H]1O[C@@H](n2cc(/C=C\NC(=O)Oc3cc(NC(=O)OCc4ccc5c(c4)C(=O)c4cc(CC(C)=O)ccc4C5)ccc3[N+](=O)[O-])c(=O)[nH]c2=O)C[C@H]1OP(C)OOO)OOOPOOOP. The number of amides is 2. The first-order valence-electron chi connectivity index (χ1n) is 21.1. The Hall–Kier alpha value is -5.52. The molecule has 74 heavy (non-hydrogen) atoms. The van der Waals surface area contributed by atoms with Crippen molar-refractivity contribution in [2.45, 2.75) is 58.2 Å².